The molecule has 0 radical (unpaired) electrons. The third kappa shape index (κ3) is 3.38. The minimum Gasteiger partial charge on any atom is -0.458 e. The molecule has 4 atom stereocenters. The molecule has 5 heteroatoms. The smallest absolute Gasteiger partial charge is 0.331 e. The van der Waals surface area contributed by atoms with Crippen LogP contribution in [0.2, 0.25) is 0 Å². The molecule has 2 aliphatic carbocycles. The zero-order chi connectivity index (χ0) is 21.3. The molecular weight excluding hydrogens is 368 g/mol. The van der Waals surface area contributed by atoms with E-state index in [9.17, 15) is 19.5 Å². The number of carbonyl (C=O) groups excluding carboxylic acids is 3. The van der Waals surface area contributed by atoms with Gasteiger partial charge in [-0.1, -0.05) is 57.2 Å². The van der Waals surface area contributed by atoms with E-state index in [-0.39, 0.29) is 6.42 Å². The molecule has 1 aromatic rings. The maximum Gasteiger partial charge on any atom is 0.331 e. The van der Waals surface area contributed by atoms with Crippen LogP contribution in [0.3, 0.4) is 0 Å². The van der Waals surface area contributed by atoms with Gasteiger partial charge in [0.25, 0.3) is 0 Å². The Morgan fingerprint density at radius 1 is 1.17 bits per heavy atom. The summed E-state index contributed by atoms with van der Waals surface area (Å²) in [6.45, 7) is 5.68. The van der Waals surface area contributed by atoms with E-state index in [1.54, 1.807) is 19.1 Å². The standard InChI is InChI=1S/C24H28O5/c1-22(2)13-12-20(29-21(27)10-9-17-7-5-4-6-8-17)23(3)19(16-26)18(15-25)11-14-24(22,23)28/h4-11,15-16,19-20,28H,12-14H2,1-3H3. The van der Waals surface area contributed by atoms with Crippen molar-refractivity contribution in [2.75, 3.05) is 0 Å². The first-order valence-electron chi connectivity index (χ1n) is 9.96. The predicted molar refractivity (Wildman–Crippen MR) is 110 cm³/mol. The van der Waals surface area contributed by atoms with Gasteiger partial charge in [0.05, 0.1) is 11.5 Å². The molecule has 0 bridgehead atoms. The van der Waals surface area contributed by atoms with E-state index in [1.165, 1.54) is 6.08 Å². The highest BCUT2D eigenvalue weighted by atomic mass is 16.5. The molecule has 1 aromatic carbocycles. The van der Waals surface area contributed by atoms with Gasteiger partial charge in [-0.25, -0.2) is 4.79 Å². The van der Waals surface area contributed by atoms with Crippen molar-refractivity contribution in [1.82, 2.24) is 0 Å². The molecule has 2 aliphatic rings. The molecule has 1 saturated carbocycles. The Hall–Kier alpha value is -2.53. The Labute approximate surface area is 171 Å². The molecule has 0 amide bonds. The molecule has 1 N–H and O–H groups in total. The highest BCUT2D eigenvalue weighted by molar-refractivity contribution is 5.87. The first-order chi connectivity index (χ1) is 13.7. The van der Waals surface area contributed by atoms with Gasteiger partial charge in [0, 0.05) is 11.5 Å². The number of benzene rings is 1. The van der Waals surface area contributed by atoms with Crippen molar-refractivity contribution in [1.29, 1.82) is 0 Å². The average Bonchev–Trinajstić information content (AvgIpc) is 2.71. The highest BCUT2D eigenvalue weighted by Gasteiger charge is 2.67. The highest BCUT2D eigenvalue weighted by Crippen LogP contribution is 2.62. The molecule has 29 heavy (non-hydrogen) atoms. The zero-order valence-corrected chi connectivity index (χ0v) is 17.1. The van der Waals surface area contributed by atoms with Crippen LogP contribution in [0.25, 0.3) is 6.08 Å². The zero-order valence-electron chi connectivity index (χ0n) is 17.1. The molecule has 0 heterocycles. The number of hydrogen-bond donors (Lipinski definition) is 1. The normalized spacial score (nSPS) is 33.4. The number of esters is 1. The number of aldehydes is 2. The number of hydrogen-bond acceptors (Lipinski definition) is 5. The first-order valence-corrected chi connectivity index (χ1v) is 9.96. The SMILES string of the molecule is CC1(C)CCC(OC(=O)C=Cc2ccccc2)C2(C)C(C=O)C(C=O)=CCC12O. The molecule has 0 spiro atoms. The minimum atomic E-state index is -1.29. The third-order valence-corrected chi connectivity index (χ3v) is 7.09. The van der Waals surface area contributed by atoms with E-state index in [2.05, 4.69) is 0 Å². The summed E-state index contributed by atoms with van der Waals surface area (Å²) in [6, 6.07) is 9.38. The lowest BCUT2D eigenvalue weighted by molar-refractivity contribution is -0.245. The van der Waals surface area contributed by atoms with Gasteiger partial charge >= 0.3 is 5.97 Å². The fraction of sp³-hybridized carbons (Fsp3) is 0.458. The number of fused-ring (bicyclic) bond motifs is 1. The largest absolute Gasteiger partial charge is 0.458 e. The number of carbonyl (C=O) groups is 3. The van der Waals surface area contributed by atoms with Crippen molar-refractivity contribution in [3.63, 3.8) is 0 Å². The van der Waals surface area contributed by atoms with Crippen LogP contribution in [-0.4, -0.2) is 35.4 Å². The molecular formula is C24H28O5. The third-order valence-electron chi connectivity index (χ3n) is 7.09. The van der Waals surface area contributed by atoms with Crippen LogP contribution in [0.5, 0.6) is 0 Å². The van der Waals surface area contributed by atoms with Crippen LogP contribution in [0.1, 0.15) is 45.6 Å². The first kappa shape index (κ1) is 21.2. The second-order valence-corrected chi connectivity index (χ2v) is 8.87. The van der Waals surface area contributed by atoms with Crippen LogP contribution in [0.4, 0.5) is 0 Å². The van der Waals surface area contributed by atoms with Crippen LogP contribution < -0.4 is 0 Å². The van der Waals surface area contributed by atoms with Crippen molar-refractivity contribution < 1.29 is 24.2 Å². The summed E-state index contributed by atoms with van der Waals surface area (Å²) >= 11 is 0. The van der Waals surface area contributed by atoms with Crippen molar-refractivity contribution in [2.24, 2.45) is 16.7 Å². The summed E-state index contributed by atoms with van der Waals surface area (Å²) < 4.78 is 5.78. The van der Waals surface area contributed by atoms with Crippen LogP contribution in [-0.2, 0) is 19.1 Å². The molecule has 4 unspecified atom stereocenters. The van der Waals surface area contributed by atoms with E-state index in [0.717, 1.165) is 5.56 Å². The fourth-order valence-corrected chi connectivity index (χ4v) is 5.12. The number of ether oxygens (including phenoxy) is 1. The van der Waals surface area contributed by atoms with E-state index in [1.807, 2.05) is 44.2 Å². The lowest BCUT2D eigenvalue weighted by Crippen LogP contribution is -2.69. The van der Waals surface area contributed by atoms with Crippen molar-refractivity contribution in [3.8, 4) is 0 Å². The van der Waals surface area contributed by atoms with E-state index >= 15 is 0 Å². The summed E-state index contributed by atoms with van der Waals surface area (Å²) in [6.07, 6.45) is 6.73. The molecule has 5 nitrogen and oxygen atoms in total. The summed E-state index contributed by atoms with van der Waals surface area (Å²) in [5.74, 6) is -1.37. The average molecular weight is 396 g/mol. The Balaban J connectivity index is 1.93. The summed E-state index contributed by atoms with van der Waals surface area (Å²) in [7, 11) is 0. The molecule has 0 saturated heterocycles. The van der Waals surface area contributed by atoms with Gasteiger partial charge in [0.2, 0.25) is 0 Å². The van der Waals surface area contributed by atoms with E-state index < -0.39 is 34.4 Å². The van der Waals surface area contributed by atoms with Gasteiger partial charge in [0.1, 0.15) is 18.7 Å². The maximum atomic E-state index is 12.5. The second kappa shape index (κ2) is 7.71. The van der Waals surface area contributed by atoms with Crippen LogP contribution in [0.15, 0.2) is 48.1 Å². The Morgan fingerprint density at radius 2 is 1.86 bits per heavy atom. The summed E-state index contributed by atoms with van der Waals surface area (Å²) in [5.41, 5.74) is -1.68. The Kier molecular flexibility index (Phi) is 5.63. The minimum absolute atomic E-state index is 0.239. The van der Waals surface area contributed by atoms with E-state index in [0.29, 0.717) is 31.0 Å². The number of allylic oxidation sites excluding steroid dienone is 1. The molecule has 0 aromatic heterocycles. The van der Waals surface area contributed by atoms with Gasteiger partial charge in [-0.3, -0.25) is 4.79 Å². The summed E-state index contributed by atoms with van der Waals surface area (Å²) in [5, 5.41) is 11.8. The van der Waals surface area contributed by atoms with Gasteiger partial charge in [-0.05, 0) is 41.9 Å². The van der Waals surface area contributed by atoms with Crippen molar-refractivity contribution >= 4 is 24.6 Å². The van der Waals surface area contributed by atoms with Crippen LogP contribution in [0, 0.1) is 16.7 Å². The van der Waals surface area contributed by atoms with Gasteiger partial charge in [0.15, 0.2) is 0 Å². The van der Waals surface area contributed by atoms with Crippen molar-refractivity contribution in [3.05, 3.63) is 53.6 Å². The number of aliphatic hydroxyl groups is 1. The maximum absolute atomic E-state index is 12.5. The predicted octanol–water partition coefficient (Wildman–Crippen LogP) is 3.51. The van der Waals surface area contributed by atoms with Crippen molar-refractivity contribution in [2.45, 2.75) is 51.7 Å². The van der Waals surface area contributed by atoms with E-state index in [4.69, 9.17) is 4.74 Å². The van der Waals surface area contributed by atoms with Crippen LogP contribution >= 0.6 is 0 Å². The quantitative estimate of drug-likeness (QED) is 0.468. The summed E-state index contributed by atoms with van der Waals surface area (Å²) in [4.78, 5) is 36.1. The monoisotopic (exact) mass is 396 g/mol. The molecule has 154 valence electrons. The lowest BCUT2D eigenvalue weighted by atomic mass is 9.45. The van der Waals surface area contributed by atoms with Gasteiger partial charge < -0.3 is 14.6 Å². The topological polar surface area (TPSA) is 80.7 Å². The Morgan fingerprint density at radius 3 is 2.48 bits per heavy atom. The molecule has 3 rings (SSSR count). The fourth-order valence-electron chi connectivity index (χ4n) is 5.12. The molecule has 1 fully saturated rings. The van der Waals surface area contributed by atoms with Gasteiger partial charge in [-0.2, -0.15) is 0 Å². The lowest BCUT2D eigenvalue weighted by Gasteiger charge is -2.63. The Bertz CT molecular complexity index is 853. The second-order valence-electron chi connectivity index (χ2n) is 8.87. The number of rotatable bonds is 5. The molecule has 0 aliphatic heterocycles. The van der Waals surface area contributed by atoms with Gasteiger partial charge in [-0.15, -0.1) is 0 Å².